The summed E-state index contributed by atoms with van der Waals surface area (Å²) in [4.78, 5) is 12.6. The zero-order valence-electron chi connectivity index (χ0n) is 16.5. The maximum absolute atomic E-state index is 13.9. The summed E-state index contributed by atoms with van der Waals surface area (Å²) in [6.45, 7) is 2.66. The molecule has 0 aliphatic heterocycles. The van der Waals surface area contributed by atoms with Gasteiger partial charge in [0, 0.05) is 0 Å². The number of ether oxygens (including phenoxy) is 2. The molecule has 3 aromatic rings. The molecule has 30 heavy (non-hydrogen) atoms. The minimum Gasteiger partial charge on any atom is -0.490 e. The van der Waals surface area contributed by atoms with E-state index in [1.54, 1.807) is 24.3 Å². The van der Waals surface area contributed by atoms with Gasteiger partial charge in [-0.1, -0.05) is 48.5 Å². The van der Waals surface area contributed by atoms with Crippen LogP contribution in [0.4, 0.5) is 4.39 Å². The van der Waals surface area contributed by atoms with Crippen LogP contribution in [0.5, 0.6) is 11.5 Å². The molecule has 0 fully saturated rings. The van der Waals surface area contributed by atoms with E-state index < -0.39 is 11.6 Å². The molecule has 0 saturated carbocycles. The van der Waals surface area contributed by atoms with Crippen molar-refractivity contribution in [2.75, 3.05) is 6.61 Å². The van der Waals surface area contributed by atoms with Crippen molar-refractivity contribution >= 4 is 11.9 Å². The Bertz CT molecular complexity index is 1100. The molecule has 0 radical (unpaired) electrons. The average Bonchev–Trinajstić information content (AvgIpc) is 2.77. The standard InChI is InChI=1S/C25H20FNO3/c1-2-29-24-15-19(12-13-23(24)30-17-18-8-4-3-5-9-18)14-20(16-27)25(28)21-10-6-7-11-22(21)26/h3-15H,2,17H2,1H3. The van der Waals surface area contributed by atoms with Crippen molar-refractivity contribution in [2.45, 2.75) is 13.5 Å². The van der Waals surface area contributed by atoms with E-state index in [9.17, 15) is 14.4 Å². The Morgan fingerprint density at radius 3 is 2.43 bits per heavy atom. The van der Waals surface area contributed by atoms with Crippen molar-refractivity contribution < 1.29 is 18.7 Å². The number of rotatable bonds is 8. The predicted molar refractivity (Wildman–Crippen MR) is 113 cm³/mol. The fourth-order valence-corrected chi connectivity index (χ4v) is 2.84. The Kier molecular flexibility index (Phi) is 6.96. The van der Waals surface area contributed by atoms with Crippen molar-refractivity contribution in [1.29, 1.82) is 5.26 Å². The van der Waals surface area contributed by atoms with Crippen molar-refractivity contribution in [2.24, 2.45) is 0 Å². The monoisotopic (exact) mass is 401 g/mol. The van der Waals surface area contributed by atoms with E-state index in [0.29, 0.717) is 30.3 Å². The molecule has 0 N–H and O–H groups in total. The lowest BCUT2D eigenvalue weighted by Crippen LogP contribution is -2.05. The third-order valence-corrected chi connectivity index (χ3v) is 4.30. The van der Waals surface area contributed by atoms with Crippen LogP contribution in [-0.2, 0) is 6.61 Å². The first-order valence-corrected chi connectivity index (χ1v) is 9.47. The molecule has 0 bridgehead atoms. The number of allylic oxidation sites excluding steroid dienone is 1. The van der Waals surface area contributed by atoms with E-state index in [2.05, 4.69) is 0 Å². The van der Waals surface area contributed by atoms with E-state index in [4.69, 9.17) is 9.47 Å². The molecule has 0 aliphatic carbocycles. The van der Waals surface area contributed by atoms with E-state index in [0.717, 1.165) is 5.56 Å². The predicted octanol–water partition coefficient (Wildman–Crippen LogP) is 5.59. The van der Waals surface area contributed by atoms with Gasteiger partial charge in [-0.05, 0) is 48.4 Å². The van der Waals surface area contributed by atoms with Crippen molar-refractivity contribution in [3.05, 3.63) is 101 Å². The van der Waals surface area contributed by atoms with Crippen LogP contribution in [-0.4, -0.2) is 12.4 Å². The van der Waals surface area contributed by atoms with Crippen LogP contribution >= 0.6 is 0 Å². The number of ketones is 1. The number of Topliss-reactive ketones (excluding diaryl/α,β-unsaturated/α-hetero) is 1. The van der Waals surface area contributed by atoms with E-state index in [1.807, 2.05) is 43.3 Å². The lowest BCUT2D eigenvalue weighted by Gasteiger charge is -2.13. The summed E-state index contributed by atoms with van der Waals surface area (Å²) < 4.78 is 25.5. The quantitative estimate of drug-likeness (QED) is 0.280. The molecule has 3 rings (SSSR count). The summed E-state index contributed by atoms with van der Waals surface area (Å²) in [6, 6.07) is 22.3. The number of hydrogen-bond acceptors (Lipinski definition) is 4. The molecular formula is C25H20FNO3. The SMILES string of the molecule is CCOc1cc(C=C(C#N)C(=O)c2ccccc2F)ccc1OCc1ccccc1. The first-order chi connectivity index (χ1) is 14.6. The summed E-state index contributed by atoms with van der Waals surface area (Å²) in [7, 11) is 0. The Labute approximate surface area is 174 Å². The molecule has 0 unspecified atom stereocenters. The van der Waals surface area contributed by atoms with Crippen LogP contribution in [0.1, 0.15) is 28.4 Å². The summed E-state index contributed by atoms with van der Waals surface area (Å²) >= 11 is 0. The highest BCUT2D eigenvalue weighted by molar-refractivity contribution is 6.14. The first-order valence-electron chi connectivity index (χ1n) is 9.47. The van der Waals surface area contributed by atoms with E-state index in [1.165, 1.54) is 24.3 Å². The second kappa shape index (κ2) is 10.0. The molecule has 0 amide bonds. The fourth-order valence-electron chi connectivity index (χ4n) is 2.84. The number of hydrogen-bond donors (Lipinski definition) is 0. The Hall–Kier alpha value is -3.91. The second-order valence-corrected chi connectivity index (χ2v) is 6.39. The molecule has 0 spiro atoms. The Morgan fingerprint density at radius 1 is 1.00 bits per heavy atom. The zero-order chi connectivity index (χ0) is 21.3. The summed E-state index contributed by atoms with van der Waals surface area (Å²) in [5, 5.41) is 9.43. The third-order valence-electron chi connectivity index (χ3n) is 4.30. The molecule has 4 nitrogen and oxygen atoms in total. The van der Waals surface area contributed by atoms with Crippen LogP contribution in [0.3, 0.4) is 0 Å². The number of halogens is 1. The van der Waals surface area contributed by atoms with Gasteiger partial charge in [-0.15, -0.1) is 0 Å². The molecule has 0 atom stereocenters. The molecule has 0 aliphatic rings. The van der Waals surface area contributed by atoms with Crippen LogP contribution in [0.2, 0.25) is 0 Å². The largest absolute Gasteiger partial charge is 0.490 e. The van der Waals surface area contributed by atoms with Gasteiger partial charge in [0.25, 0.3) is 0 Å². The highest BCUT2D eigenvalue weighted by Crippen LogP contribution is 2.30. The van der Waals surface area contributed by atoms with Gasteiger partial charge in [-0.3, -0.25) is 4.79 Å². The Morgan fingerprint density at radius 2 is 1.73 bits per heavy atom. The normalized spacial score (nSPS) is 10.9. The lowest BCUT2D eigenvalue weighted by molar-refractivity contribution is 0.103. The van der Waals surface area contributed by atoms with E-state index >= 15 is 0 Å². The highest BCUT2D eigenvalue weighted by Gasteiger charge is 2.16. The summed E-state index contributed by atoms with van der Waals surface area (Å²) in [6.07, 6.45) is 1.41. The van der Waals surface area contributed by atoms with Crippen LogP contribution in [0.15, 0.2) is 78.4 Å². The average molecular weight is 401 g/mol. The number of nitriles is 1. The maximum Gasteiger partial charge on any atom is 0.206 e. The van der Waals surface area contributed by atoms with Crippen LogP contribution in [0, 0.1) is 17.1 Å². The van der Waals surface area contributed by atoms with Gasteiger partial charge < -0.3 is 9.47 Å². The molecule has 150 valence electrons. The minimum absolute atomic E-state index is 0.141. The van der Waals surface area contributed by atoms with Crippen molar-refractivity contribution in [3.63, 3.8) is 0 Å². The van der Waals surface area contributed by atoms with Gasteiger partial charge in [0.15, 0.2) is 11.5 Å². The van der Waals surface area contributed by atoms with Gasteiger partial charge >= 0.3 is 0 Å². The topological polar surface area (TPSA) is 59.3 Å². The van der Waals surface area contributed by atoms with Crippen molar-refractivity contribution in [1.82, 2.24) is 0 Å². The van der Waals surface area contributed by atoms with Gasteiger partial charge in [0.2, 0.25) is 5.78 Å². The minimum atomic E-state index is -0.669. The lowest BCUT2D eigenvalue weighted by atomic mass is 10.0. The van der Waals surface area contributed by atoms with Crippen LogP contribution < -0.4 is 9.47 Å². The maximum atomic E-state index is 13.9. The van der Waals surface area contributed by atoms with Gasteiger partial charge in [0.1, 0.15) is 24.1 Å². The molecule has 3 aromatic carbocycles. The van der Waals surface area contributed by atoms with Gasteiger partial charge in [-0.2, -0.15) is 5.26 Å². The molecular weight excluding hydrogens is 381 g/mol. The van der Waals surface area contributed by atoms with Gasteiger partial charge in [0.05, 0.1) is 12.2 Å². The van der Waals surface area contributed by atoms with E-state index in [-0.39, 0.29) is 11.1 Å². The molecule has 0 saturated heterocycles. The van der Waals surface area contributed by atoms with Crippen LogP contribution in [0.25, 0.3) is 6.08 Å². The Balaban J connectivity index is 1.86. The number of carbonyl (C=O) groups is 1. The fraction of sp³-hybridized carbons (Fsp3) is 0.120. The highest BCUT2D eigenvalue weighted by atomic mass is 19.1. The molecule has 0 heterocycles. The zero-order valence-corrected chi connectivity index (χ0v) is 16.5. The number of nitrogens with zero attached hydrogens (tertiary/aromatic N) is 1. The molecule has 0 aromatic heterocycles. The van der Waals surface area contributed by atoms with Crippen molar-refractivity contribution in [3.8, 4) is 17.6 Å². The summed E-state index contributed by atoms with van der Waals surface area (Å²) in [5.41, 5.74) is 1.29. The smallest absolute Gasteiger partial charge is 0.206 e. The third kappa shape index (κ3) is 5.12. The van der Waals surface area contributed by atoms with Gasteiger partial charge in [-0.25, -0.2) is 4.39 Å². The second-order valence-electron chi connectivity index (χ2n) is 6.39. The first kappa shape index (κ1) is 20.8. The summed E-state index contributed by atoms with van der Waals surface area (Å²) in [5.74, 6) is -0.282. The number of carbonyl (C=O) groups excluding carboxylic acids is 1. The molecule has 5 heteroatoms. The number of benzene rings is 3.